The highest BCUT2D eigenvalue weighted by molar-refractivity contribution is 5.92. The molecule has 0 radical (unpaired) electrons. The number of rotatable bonds is 6. The number of hydrogen-bond donors (Lipinski definition) is 1. The summed E-state index contributed by atoms with van der Waals surface area (Å²) in [5, 5.41) is 8.90. The highest BCUT2D eigenvalue weighted by Gasteiger charge is 2.16. The van der Waals surface area contributed by atoms with Crippen LogP contribution in [0.15, 0.2) is 31.0 Å². The van der Waals surface area contributed by atoms with E-state index in [4.69, 9.17) is 5.11 Å². The summed E-state index contributed by atoms with van der Waals surface area (Å²) in [4.78, 5) is 13.7. The maximum Gasteiger partial charge on any atom is 0.270 e. The van der Waals surface area contributed by atoms with Crippen LogP contribution in [0.2, 0.25) is 0 Å². The number of aliphatic hydroxyl groups excluding tert-OH is 1. The summed E-state index contributed by atoms with van der Waals surface area (Å²) >= 11 is 0. The first kappa shape index (κ1) is 12.5. The fourth-order valence-electron chi connectivity index (χ4n) is 1.60. The molecule has 4 heteroatoms. The minimum atomic E-state index is -0.0687. The van der Waals surface area contributed by atoms with Gasteiger partial charge in [-0.3, -0.25) is 4.79 Å². The van der Waals surface area contributed by atoms with E-state index in [-0.39, 0.29) is 12.5 Å². The van der Waals surface area contributed by atoms with Crippen LogP contribution in [0, 0.1) is 0 Å². The molecule has 0 unspecified atom stereocenters. The van der Waals surface area contributed by atoms with Gasteiger partial charge in [0.25, 0.3) is 5.91 Å². The highest BCUT2D eigenvalue weighted by Crippen LogP contribution is 2.06. The molecule has 0 saturated heterocycles. The summed E-state index contributed by atoms with van der Waals surface area (Å²) in [6, 6.07) is 3.64. The quantitative estimate of drug-likeness (QED) is 0.733. The molecule has 4 nitrogen and oxygen atoms in total. The van der Waals surface area contributed by atoms with Gasteiger partial charge in [-0.25, -0.2) is 0 Å². The third-order valence-corrected chi connectivity index (χ3v) is 2.40. The van der Waals surface area contributed by atoms with Gasteiger partial charge in [0, 0.05) is 25.8 Å². The molecule has 0 bridgehead atoms. The molecule has 0 saturated carbocycles. The van der Waals surface area contributed by atoms with Crippen LogP contribution in [-0.4, -0.2) is 40.2 Å². The molecule has 0 spiro atoms. The standard InChI is InChI=1S/C12H18N2O2/c1-3-7-14(9-10-15)12(16)11-6-5-8-13(11)4-2/h3,5-6,8,15H,1,4,7,9-10H2,2H3. The number of aromatic nitrogens is 1. The lowest BCUT2D eigenvalue weighted by Gasteiger charge is -2.20. The summed E-state index contributed by atoms with van der Waals surface area (Å²) in [5.41, 5.74) is 0.651. The van der Waals surface area contributed by atoms with Crippen molar-refractivity contribution in [1.82, 2.24) is 9.47 Å². The van der Waals surface area contributed by atoms with Crippen LogP contribution >= 0.6 is 0 Å². The van der Waals surface area contributed by atoms with Crippen LogP contribution in [0.25, 0.3) is 0 Å². The topological polar surface area (TPSA) is 45.5 Å². The van der Waals surface area contributed by atoms with E-state index in [0.717, 1.165) is 6.54 Å². The molecular weight excluding hydrogens is 204 g/mol. The lowest BCUT2D eigenvalue weighted by atomic mass is 10.3. The van der Waals surface area contributed by atoms with E-state index in [1.807, 2.05) is 23.8 Å². The monoisotopic (exact) mass is 222 g/mol. The van der Waals surface area contributed by atoms with Gasteiger partial charge < -0.3 is 14.6 Å². The van der Waals surface area contributed by atoms with E-state index < -0.39 is 0 Å². The first-order chi connectivity index (χ1) is 7.74. The van der Waals surface area contributed by atoms with E-state index in [9.17, 15) is 4.79 Å². The Morgan fingerprint density at radius 2 is 2.44 bits per heavy atom. The van der Waals surface area contributed by atoms with Gasteiger partial charge in [0.1, 0.15) is 5.69 Å². The SMILES string of the molecule is C=CCN(CCO)C(=O)c1cccn1CC. The molecule has 0 aliphatic rings. The number of hydrogen-bond acceptors (Lipinski definition) is 2. The third kappa shape index (κ3) is 2.73. The second-order valence-corrected chi connectivity index (χ2v) is 3.44. The van der Waals surface area contributed by atoms with Gasteiger partial charge in [-0.2, -0.15) is 0 Å². The molecule has 1 rings (SSSR count). The first-order valence-electron chi connectivity index (χ1n) is 5.40. The van der Waals surface area contributed by atoms with Crippen molar-refractivity contribution in [3.8, 4) is 0 Å². The number of amides is 1. The average Bonchev–Trinajstić information content (AvgIpc) is 2.75. The summed E-state index contributed by atoms with van der Waals surface area (Å²) in [5.74, 6) is -0.0687. The highest BCUT2D eigenvalue weighted by atomic mass is 16.3. The molecule has 1 amide bonds. The molecule has 0 atom stereocenters. The molecule has 16 heavy (non-hydrogen) atoms. The fraction of sp³-hybridized carbons (Fsp3) is 0.417. The molecular formula is C12H18N2O2. The van der Waals surface area contributed by atoms with Gasteiger partial charge in [-0.1, -0.05) is 6.08 Å². The van der Waals surface area contributed by atoms with Crippen molar-refractivity contribution in [1.29, 1.82) is 0 Å². The Bertz CT molecular complexity index is 358. The Kier molecular flexibility index (Phi) is 4.79. The Balaban J connectivity index is 2.84. The van der Waals surface area contributed by atoms with Gasteiger partial charge >= 0.3 is 0 Å². The lowest BCUT2D eigenvalue weighted by molar-refractivity contribution is 0.0732. The Hall–Kier alpha value is -1.55. The lowest BCUT2D eigenvalue weighted by Crippen LogP contribution is -2.34. The average molecular weight is 222 g/mol. The second kappa shape index (κ2) is 6.12. The number of carbonyl (C=O) groups excluding carboxylic acids is 1. The maximum absolute atomic E-state index is 12.1. The van der Waals surface area contributed by atoms with Crippen LogP contribution in [0.4, 0.5) is 0 Å². The number of aryl methyl sites for hydroxylation is 1. The first-order valence-corrected chi connectivity index (χ1v) is 5.40. The molecule has 1 N–H and O–H groups in total. The Labute approximate surface area is 95.8 Å². The molecule has 1 aromatic heterocycles. The van der Waals surface area contributed by atoms with E-state index >= 15 is 0 Å². The number of aliphatic hydroxyl groups is 1. The molecule has 1 heterocycles. The summed E-state index contributed by atoms with van der Waals surface area (Å²) < 4.78 is 1.88. The predicted molar refractivity (Wildman–Crippen MR) is 63.3 cm³/mol. The van der Waals surface area contributed by atoms with Gasteiger partial charge in [0.15, 0.2) is 0 Å². The summed E-state index contributed by atoms with van der Waals surface area (Å²) in [7, 11) is 0. The van der Waals surface area contributed by atoms with Crippen LogP contribution < -0.4 is 0 Å². The predicted octanol–water partition coefficient (Wildman–Crippen LogP) is 1.13. The van der Waals surface area contributed by atoms with Crippen LogP contribution in [-0.2, 0) is 6.54 Å². The zero-order valence-corrected chi connectivity index (χ0v) is 9.59. The van der Waals surface area contributed by atoms with Gasteiger partial charge in [0.2, 0.25) is 0 Å². The zero-order chi connectivity index (χ0) is 12.0. The van der Waals surface area contributed by atoms with E-state index in [2.05, 4.69) is 6.58 Å². The minimum Gasteiger partial charge on any atom is -0.395 e. The van der Waals surface area contributed by atoms with Gasteiger partial charge in [0.05, 0.1) is 6.61 Å². The molecule has 0 aliphatic carbocycles. The van der Waals surface area contributed by atoms with Gasteiger partial charge in [-0.05, 0) is 19.1 Å². The van der Waals surface area contributed by atoms with Crippen molar-refractivity contribution in [3.63, 3.8) is 0 Å². The van der Waals surface area contributed by atoms with E-state index in [1.165, 1.54) is 0 Å². The third-order valence-electron chi connectivity index (χ3n) is 2.40. The van der Waals surface area contributed by atoms with Crippen LogP contribution in [0.3, 0.4) is 0 Å². The van der Waals surface area contributed by atoms with Crippen molar-refractivity contribution in [3.05, 3.63) is 36.7 Å². The van der Waals surface area contributed by atoms with Crippen LogP contribution in [0.1, 0.15) is 17.4 Å². The van der Waals surface area contributed by atoms with Crippen molar-refractivity contribution in [2.75, 3.05) is 19.7 Å². The number of carbonyl (C=O) groups is 1. The normalized spacial score (nSPS) is 10.1. The minimum absolute atomic E-state index is 0.0353. The molecule has 1 aromatic rings. The number of nitrogens with zero attached hydrogens (tertiary/aromatic N) is 2. The maximum atomic E-state index is 12.1. The molecule has 0 aromatic carbocycles. The van der Waals surface area contributed by atoms with Crippen molar-refractivity contribution in [2.24, 2.45) is 0 Å². The zero-order valence-electron chi connectivity index (χ0n) is 9.59. The Morgan fingerprint density at radius 1 is 1.69 bits per heavy atom. The summed E-state index contributed by atoms with van der Waals surface area (Å²) in [6.45, 7) is 7.10. The molecule has 0 aliphatic heterocycles. The molecule has 0 fully saturated rings. The van der Waals surface area contributed by atoms with Crippen molar-refractivity contribution >= 4 is 5.91 Å². The largest absolute Gasteiger partial charge is 0.395 e. The Morgan fingerprint density at radius 3 is 3.00 bits per heavy atom. The second-order valence-electron chi connectivity index (χ2n) is 3.44. The smallest absolute Gasteiger partial charge is 0.270 e. The fourth-order valence-corrected chi connectivity index (χ4v) is 1.60. The van der Waals surface area contributed by atoms with Crippen molar-refractivity contribution in [2.45, 2.75) is 13.5 Å². The van der Waals surface area contributed by atoms with Crippen molar-refractivity contribution < 1.29 is 9.90 Å². The van der Waals surface area contributed by atoms with E-state index in [0.29, 0.717) is 18.8 Å². The van der Waals surface area contributed by atoms with Crippen LogP contribution in [0.5, 0.6) is 0 Å². The van der Waals surface area contributed by atoms with E-state index in [1.54, 1.807) is 17.0 Å². The summed E-state index contributed by atoms with van der Waals surface area (Å²) in [6.07, 6.45) is 3.53. The molecule has 88 valence electrons. The van der Waals surface area contributed by atoms with Gasteiger partial charge in [-0.15, -0.1) is 6.58 Å².